The van der Waals surface area contributed by atoms with Crippen LogP contribution in [0.3, 0.4) is 0 Å². The summed E-state index contributed by atoms with van der Waals surface area (Å²) in [5.74, 6) is -0.739. The van der Waals surface area contributed by atoms with E-state index in [0.29, 0.717) is 0 Å². The van der Waals surface area contributed by atoms with Crippen molar-refractivity contribution in [3.63, 3.8) is 0 Å². The molecule has 0 unspecified atom stereocenters. The first kappa shape index (κ1) is 14.0. The van der Waals surface area contributed by atoms with Gasteiger partial charge in [0.25, 0.3) is 5.52 Å². The van der Waals surface area contributed by atoms with Gasteiger partial charge in [0.2, 0.25) is 0 Å². The molecule has 1 rings (SSSR count). The number of carbonyl (C=O) groups excluding carboxylic acids is 1. The third-order valence-corrected chi connectivity index (χ3v) is 3.89. The van der Waals surface area contributed by atoms with Gasteiger partial charge in [0.1, 0.15) is 5.82 Å². The van der Waals surface area contributed by atoms with Crippen LogP contribution in [0.25, 0.3) is 0 Å². The lowest BCUT2D eigenvalue weighted by molar-refractivity contribution is 0.0997. The van der Waals surface area contributed by atoms with Gasteiger partial charge >= 0.3 is 7.60 Å². The van der Waals surface area contributed by atoms with E-state index in [1.54, 1.807) is 13.8 Å². The van der Waals surface area contributed by atoms with E-state index in [9.17, 15) is 13.8 Å². The molecule has 0 aromatic heterocycles. The number of carbonyl (C=O) groups is 1. The van der Waals surface area contributed by atoms with Crippen LogP contribution in [0.5, 0.6) is 0 Å². The summed E-state index contributed by atoms with van der Waals surface area (Å²) in [6.07, 6.45) is 0. The van der Waals surface area contributed by atoms with Gasteiger partial charge in [-0.25, -0.2) is 4.39 Å². The van der Waals surface area contributed by atoms with Crippen LogP contribution >= 0.6 is 7.60 Å². The molecule has 0 aliphatic heterocycles. The molecule has 0 saturated heterocycles. The number of hydrogen-bond donors (Lipinski definition) is 0. The van der Waals surface area contributed by atoms with Gasteiger partial charge < -0.3 is 9.05 Å². The van der Waals surface area contributed by atoms with Crippen molar-refractivity contribution in [3.05, 3.63) is 35.6 Å². The van der Waals surface area contributed by atoms with E-state index < -0.39 is 18.9 Å². The summed E-state index contributed by atoms with van der Waals surface area (Å²) in [6.45, 7) is 3.27. The van der Waals surface area contributed by atoms with Crippen molar-refractivity contribution in [3.8, 4) is 0 Å². The number of hydrogen-bond acceptors (Lipinski definition) is 4. The molecule has 4 nitrogen and oxygen atoms in total. The fourth-order valence-corrected chi connectivity index (χ4v) is 2.74. The van der Waals surface area contributed by atoms with Gasteiger partial charge in [0, 0.05) is 0 Å². The molecule has 0 N–H and O–H groups in total. The second-order valence-corrected chi connectivity index (χ2v) is 5.04. The molecule has 0 bridgehead atoms. The predicted molar refractivity (Wildman–Crippen MR) is 61.6 cm³/mol. The first-order valence-corrected chi connectivity index (χ1v) is 6.78. The third-order valence-electron chi connectivity index (χ3n) is 1.95. The predicted octanol–water partition coefficient (Wildman–Crippen LogP) is 3.23. The number of halogens is 1. The summed E-state index contributed by atoms with van der Waals surface area (Å²) in [5, 5.41) is 0. The summed E-state index contributed by atoms with van der Waals surface area (Å²) in [7, 11) is -3.94. The summed E-state index contributed by atoms with van der Waals surface area (Å²) in [4.78, 5) is 11.9. The van der Waals surface area contributed by atoms with Crippen LogP contribution in [0.2, 0.25) is 0 Å². The SMILES string of the molecule is CCOP(=O)(OCC)C(=O)c1ccccc1F. The Morgan fingerprint density at radius 2 is 1.76 bits per heavy atom. The van der Waals surface area contributed by atoms with Crippen molar-refractivity contribution in [2.75, 3.05) is 13.2 Å². The van der Waals surface area contributed by atoms with E-state index in [4.69, 9.17) is 9.05 Å². The summed E-state index contributed by atoms with van der Waals surface area (Å²) >= 11 is 0. The fraction of sp³-hybridized carbons (Fsp3) is 0.364. The second-order valence-electron chi connectivity index (χ2n) is 3.12. The van der Waals surface area contributed by atoms with Crippen LogP contribution in [0, 0.1) is 5.82 Å². The standard InChI is InChI=1S/C11H14FO4P/c1-3-15-17(14,16-4-2)11(13)9-7-5-6-8-10(9)12/h5-8H,3-4H2,1-2H3. The Hall–Kier alpha value is -1.03. The van der Waals surface area contributed by atoms with E-state index in [2.05, 4.69) is 0 Å². The average molecular weight is 260 g/mol. The first-order chi connectivity index (χ1) is 8.05. The van der Waals surface area contributed by atoms with Crippen LogP contribution in [0.1, 0.15) is 24.2 Å². The van der Waals surface area contributed by atoms with E-state index in [-0.39, 0.29) is 18.8 Å². The maximum absolute atomic E-state index is 13.4. The smallest absolute Gasteiger partial charge is 0.303 e. The Morgan fingerprint density at radius 3 is 2.24 bits per heavy atom. The fourth-order valence-electron chi connectivity index (χ4n) is 1.28. The Balaban J connectivity index is 3.09. The lowest BCUT2D eigenvalue weighted by Crippen LogP contribution is -2.09. The van der Waals surface area contributed by atoms with E-state index >= 15 is 0 Å². The average Bonchev–Trinajstić information content (AvgIpc) is 2.29. The van der Waals surface area contributed by atoms with Crippen molar-refractivity contribution in [1.29, 1.82) is 0 Å². The van der Waals surface area contributed by atoms with E-state index in [0.717, 1.165) is 6.07 Å². The molecule has 6 heteroatoms. The monoisotopic (exact) mass is 260 g/mol. The molecule has 0 fully saturated rings. The Morgan fingerprint density at radius 1 is 1.24 bits per heavy atom. The molecular formula is C11H14FO4P. The van der Waals surface area contributed by atoms with Gasteiger partial charge in [-0.05, 0) is 26.0 Å². The largest absolute Gasteiger partial charge is 0.401 e. The molecule has 0 aliphatic rings. The Kier molecular flexibility index (Phi) is 5.00. The van der Waals surface area contributed by atoms with Crippen LogP contribution in [-0.4, -0.2) is 18.7 Å². The van der Waals surface area contributed by atoms with Crippen molar-refractivity contribution < 1.29 is 22.8 Å². The minimum absolute atomic E-state index is 0.0530. The minimum atomic E-state index is -3.94. The van der Waals surface area contributed by atoms with Crippen molar-refractivity contribution in [2.45, 2.75) is 13.8 Å². The van der Waals surface area contributed by atoms with Crippen molar-refractivity contribution >= 4 is 13.1 Å². The van der Waals surface area contributed by atoms with Gasteiger partial charge in [0.05, 0.1) is 18.8 Å². The number of benzene rings is 1. The zero-order chi connectivity index (χ0) is 12.9. The third kappa shape index (κ3) is 3.22. The summed E-state index contributed by atoms with van der Waals surface area (Å²) in [5.41, 5.74) is -1.22. The lowest BCUT2D eigenvalue weighted by Gasteiger charge is -2.15. The highest BCUT2D eigenvalue weighted by Gasteiger charge is 2.36. The molecular weight excluding hydrogens is 246 g/mol. The van der Waals surface area contributed by atoms with Crippen LogP contribution in [-0.2, 0) is 13.6 Å². The first-order valence-electron chi connectivity index (χ1n) is 5.23. The Bertz CT molecular complexity index is 437. The molecule has 0 radical (unpaired) electrons. The highest BCUT2D eigenvalue weighted by molar-refractivity contribution is 7.72. The highest BCUT2D eigenvalue weighted by atomic mass is 31.2. The normalized spacial score (nSPS) is 11.5. The van der Waals surface area contributed by atoms with Crippen molar-refractivity contribution in [2.24, 2.45) is 0 Å². The maximum Gasteiger partial charge on any atom is 0.401 e. The minimum Gasteiger partial charge on any atom is -0.303 e. The van der Waals surface area contributed by atoms with Gasteiger partial charge in [0.15, 0.2) is 0 Å². The maximum atomic E-state index is 13.4. The highest BCUT2D eigenvalue weighted by Crippen LogP contribution is 2.51. The van der Waals surface area contributed by atoms with Gasteiger partial charge in [-0.1, -0.05) is 12.1 Å². The molecule has 0 saturated carbocycles. The van der Waals surface area contributed by atoms with Crippen LogP contribution in [0.15, 0.2) is 24.3 Å². The van der Waals surface area contributed by atoms with Gasteiger partial charge in [-0.3, -0.25) is 9.36 Å². The molecule has 1 aromatic carbocycles. The molecule has 0 atom stereocenters. The van der Waals surface area contributed by atoms with Crippen LogP contribution < -0.4 is 0 Å². The van der Waals surface area contributed by atoms with E-state index in [1.165, 1.54) is 18.2 Å². The molecule has 0 amide bonds. The van der Waals surface area contributed by atoms with Gasteiger partial charge in [-0.15, -0.1) is 0 Å². The number of rotatable bonds is 6. The quantitative estimate of drug-likeness (QED) is 0.737. The lowest BCUT2D eigenvalue weighted by atomic mass is 10.2. The topological polar surface area (TPSA) is 52.6 Å². The Labute approximate surface area is 99.3 Å². The molecule has 0 heterocycles. The molecule has 0 aliphatic carbocycles. The van der Waals surface area contributed by atoms with Gasteiger partial charge in [-0.2, -0.15) is 0 Å². The summed E-state index contributed by atoms with van der Waals surface area (Å²) < 4.78 is 35.2. The molecule has 94 valence electrons. The summed E-state index contributed by atoms with van der Waals surface area (Å²) in [6, 6.07) is 5.30. The molecule has 0 spiro atoms. The van der Waals surface area contributed by atoms with Crippen LogP contribution in [0.4, 0.5) is 4.39 Å². The zero-order valence-corrected chi connectivity index (χ0v) is 10.6. The zero-order valence-electron chi connectivity index (χ0n) is 9.68. The van der Waals surface area contributed by atoms with E-state index in [1.807, 2.05) is 0 Å². The molecule has 1 aromatic rings. The second kappa shape index (κ2) is 6.05. The van der Waals surface area contributed by atoms with Crippen molar-refractivity contribution in [1.82, 2.24) is 0 Å². The molecule has 17 heavy (non-hydrogen) atoms.